The highest BCUT2D eigenvalue weighted by Crippen LogP contribution is 2.32. The molecular weight excluding hydrogens is 503 g/mol. The van der Waals surface area contributed by atoms with E-state index in [9.17, 15) is 27.6 Å². The van der Waals surface area contributed by atoms with Gasteiger partial charge in [-0.15, -0.1) is 36.3 Å². The Bertz CT molecular complexity index is 1210. The molecular formula is C24H20F3NO5S2. The number of aliphatic carboxylic acids is 1. The fourth-order valence-corrected chi connectivity index (χ4v) is 4.63. The number of halogens is 3. The van der Waals surface area contributed by atoms with Gasteiger partial charge in [0.1, 0.15) is 10.8 Å². The zero-order chi connectivity index (χ0) is 25.6. The van der Waals surface area contributed by atoms with E-state index in [1.165, 1.54) is 35.6 Å². The first kappa shape index (κ1) is 26.3. The van der Waals surface area contributed by atoms with Crippen LogP contribution in [0.4, 0.5) is 18.2 Å². The summed E-state index contributed by atoms with van der Waals surface area (Å²) < 4.78 is 40.9. The van der Waals surface area contributed by atoms with E-state index in [-0.39, 0.29) is 23.0 Å². The summed E-state index contributed by atoms with van der Waals surface area (Å²) in [5, 5.41) is 11.8. The zero-order valence-corrected chi connectivity index (χ0v) is 20.0. The summed E-state index contributed by atoms with van der Waals surface area (Å²) in [7, 11) is 0. The quantitative estimate of drug-likeness (QED) is 0.323. The second kappa shape index (κ2) is 11.4. The number of amides is 1. The van der Waals surface area contributed by atoms with E-state index in [0.717, 1.165) is 16.6 Å². The Morgan fingerprint density at radius 1 is 1.00 bits per heavy atom. The van der Waals surface area contributed by atoms with E-state index in [1.807, 2.05) is 6.92 Å². The minimum atomic E-state index is -4.77. The van der Waals surface area contributed by atoms with E-state index < -0.39 is 18.2 Å². The van der Waals surface area contributed by atoms with E-state index >= 15 is 0 Å². The molecule has 1 heterocycles. The maximum Gasteiger partial charge on any atom is 0.573 e. The van der Waals surface area contributed by atoms with E-state index in [2.05, 4.69) is 10.1 Å². The van der Waals surface area contributed by atoms with Crippen molar-refractivity contribution in [3.63, 3.8) is 0 Å². The predicted octanol–water partition coefficient (Wildman–Crippen LogP) is 5.86. The van der Waals surface area contributed by atoms with Crippen molar-refractivity contribution in [2.75, 3.05) is 16.8 Å². The van der Waals surface area contributed by atoms with Gasteiger partial charge in [0.05, 0.1) is 17.1 Å². The molecule has 0 fully saturated rings. The Morgan fingerprint density at radius 2 is 1.60 bits per heavy atom. The van der Waals surface area contributed by atoms with Crippen LogP contribution in [-0.4, -0.2) is 40.6 Å². The van der Waals surface area contributed by atoms with E-state index in [4.69, 9.17) is 5.11 Å². The molecule has 35 heavy (non-hydrogen) atoms. The van der Waals surface area contributed by atoms with Gasteiger partial charge in [-0.25, -0.2) is 0 Å². The Hall–Kier alpha value is -3.31. The number of rotatable bonds is 10. The molecule has 184 valence electrons. The lowest BCUT2D eigenvalue weighted by molar-refractivity contribution is -0.274. The van der Waals surface area contributed by atoms with Gasteiger partial charge in [-0.3, -0.25) is 14.4 Å². The summed E-state index contributed by atoms with van der Waals surface area (Å²) in [6.07, 6.45) is -4.10. The normalized spacial score (nSPS) is 11.2. The number of carbonyl (C=O) groups is 3. The van der Waals surface area contributed by atoms with Crippen molar-refractivity contribution in [1.82, 2.24) is 0 Å². The third-order valence-corrected chi connectivity index (χ3v) is 6.77. The van der Waals surface area contributed by atoms with Crippen molar-refractivity contribution >= 4 is 45.8 Å². The van der Waals surface area contributed by atoms with Gasteiger partial charge >= 0.3 is 12.3 Å². The van der Waals surface area contributed by atoms with Gasteiger partial charge in [-0.2, -0.15) is 0 Å². The number of alkyl halides is 3. The number of hydrogen-bond donors (Lipinski definition) is 2. The second-order valence-electron chi connectivity index (χ2n) is 7.22. The van der Waals surface area contributed by atoms with Crippen molar-refractivity contribution in [1.29, 1.82) is 0 Å². The summed E-state index contributed by atoms with van der Waals surface area (Å²) in [4.78, 5) is 36.9. The first-order valence-corrected chi connectivity index (χ1v) is 12.3. The number of nitrogens with one attached hydrogen (secondary N) is 1. The SMILES string of the molecule is CCc1cc(C(=O)c2ccc(-c3ccc(OC(F)(F)F)cc3)cc2)c(NC(=O)CSCC(=O)O)s1. The molecule has 3 rings (SSSR count). The molecule has 0 atom stereocenters. The average molecular weight is 524 g/mol. The number of anilines is 1. The Labute approximate surface area is 207 Å². The van der Waals surface area contributed by atoms with Gasteiger partial charge in [0, 0.05) is 10.4 Å². The summed E-state index contributed by atoms with van der Waals surface area (Å²) in [5.74, 6) is -2.29. The van der Waals surface area contributed by atoms with Crippen LogP contribution in [0.3, 0.4) is 0 Å². The molecule has 0 saturated heterocycles. The number of carboxylic acid groups (broad SMARTS) is 1. The standard InChI is InChI=1S/C24H20F3NO5S2/c1-2-18-11-19(23(35-18)28-20(29)12-34-13-21(30)31)22(32)16-5-3-14(4-6-16)15-7-9-17(10-8-15)33-24(25,26)27/h3-11H,2,12-13H2,1H3,(H,28,29)(H,30,31). The van der Waals surface area contributed by atoms with Crippen molar-refractivity contribution in [3.8, 4) is 16.9 Å². The van der Waals surface area contributed by atoms with Gasteiger partial charge in [0.25, 0.3) is 0 Å². The first-order chi connectivity index (χ1) is 16.6. The molecule has 1 amide bonds. The summed E-state index contributed by atoms with van der Waals surface area (Å²) in [6.45, 7) is 1.92. The fraction of sp³-hybridized carbons (Fsp3) is 0.208. The van der Waals surface area contributed by atoms with Crippen LogP contribution in [0.5, 0.6) is 5.75 Å². The smallest absolute Gasteiger partial charge is 0.481 e. The van der Waals surface area contributed by atoms with Crippen LogP contribution in [0.15, 0.2) is 54.6 Å². The Morgan fingerprint density at radius 3 is 2.14 bits per heavy atom. The van der Waals surface area contributed by atoms with Crippen molar-refractivity contribution in [2.24, 2.45) is 0 Å². The minimum Gasteiger partial charge on any atom is -0.481 e. The van der Waals surface area contributed by atoms with Crippen LogP contribution in [0.25, 0.3) is 11.1 Å². The second-order valence-corrected chi connectivity index (χ2v) is 9.34. The number of hydrogen-bond acceptors (Lipinski definition) is 6. The number of carboxylic acids is 1. The monoisotopic (exact) mass is 523 g/mol. The summed E-state index contributed by atoms with van der Waals surface area (Å²) in [5.41, 5.74) is 2.06. The molecule has 0 unspecified atom stereocenters. The molecule has 0 aliphatic rings. The fourth-order valence-electron chi connectivity index (χ4n) is 3.09. The number of ether oxygens (including phenoxy) is 1. The number of benzene rings is 2. The van der Waals surface area contributed by atoms with Gasteiger partial charge in [0.15, 0.2) is 5.78 Å². The molecule has 2 aromatic carbocycles. The molecule has 0 saturated carbocycles. The summed E-state index contributed by atoms with van der Waals surface area (Å²) >= 11 is 2.24. The molecule has 0 radical (unpaired) electrons. The predicted molar refractivity (Wildman–Crippen MR) is 129 cm³/mol. The number of thiophene rings is 1. The number of ketones is 1. The van der Waals surface area contributed by atoms with Crippen LogP contribution in [0, 0.1) is 0 Å². The molecule has 6 nitrogen and oxygen atoms in total. The maximum atomic E-state index is 13.2. The maximum absolute atomic E-state index is 13.2. The highest BCUT2D eigenvalue weighted by molar-refractivity contribution is 8.00. The highest BCUT2D eigenvalue weighted by atomic mass is 32.2. The first-order valence-electron chi connectivity index (χ1n) is 10.3. The number of aryl methyl sites for hydroxylation is 1. The van der Waals surface area contributed by atoms with E-state index in [0.29, 0.717) is 33.7 Å². The summed E-state index contributed by atoms with van der Waals surface area (Å²) in [6, 6.07) is 13.7. The minimum absolute atomic E-state index is 0.0548. The lowest BCUT2D eigenvalue weighted by Gasteiger charge is -2.10. The Kier molecular flexibility index (Phi) is 8.57. The van der Waals surface area contributed by atoms with Gasteiger partial charge in [0.2, 0.25) is 5.91 Å². The van der Waals surface area contributed by atoms with E-state index in [1.54, 1.807) is 30.3 Å². The van der Waals surface area contributed by atoms with Crippen LogP contribution >= 0.6 is 23.1 Å². The zero-order valence-electron chi connectivity index (χ0n) is 18.3. The largest absolute Gasteiger partial charge is 0.573 e. The Balaban J connectivity index is 1.74. The molecule has 0 spiro atoms. The molecule has 11 heteroatoms. The van der Waals surface area contributed by atoms with Crippen LogP contribution in [-0.2, 0) is 16.0 Å². The topological polar surface area (TPSA) is 92.7 Å². The number of thioether (sulfide) groups is 1. The van der Waals surface area contributed by atoms with Crippen molar-refractivity contribution in [3.05, 3.63) is 70.6 Å². The molecule has 1 aromatic heterocycles. The van der Waals surface area contributed by atoms with Crippen LogP contribution in [0.1, 0.15) is 27.7 Å². The average Bonchev–Trinajstić information content (AvgIpc) is 3.20. The molecule has 0 bridgehead atoms. The molecule has 0 aliphatic carbocycles. The number of carbonyl (C=O) groups excluding carboxylic acids is 2. The molecule has 3 aromatic rings. The third-order valence-electron chi connectivity index (χ3n) is 4.66. The van der Waals surface area contributed by atoms with Crippen LogP contribution in [0.2, 0.25) is 0 Å². The van der Waals surface area contributed by atoms with Crippen molar-refractivity contribution in [2.45, 2.75) is 19.7 Å². The van der Waals surface area contributed by atoms with Gasteiger partial charge < -0.3 is 15.2 Å². The van der Waals surface area contributed by atoms with Crippen LogP contribution < -0.4 is 10.1 Å². The molecule has 2 N–H and O–H groups in total. The van der Waals surface area contributed by atoms with Crippen molar-refractivity contribution < 1.29 is 37.4 Å². The molecule has 0 aliphatic heterocycles. The lowest BCUT2D eigenvalue weighted by atomic mass is 10.00. The lowest BCUT2D eigenvalue weighted by Crippen LogP contribution is -2.16. The van der Waals surface area contributed by atoms with Gasteiger partial charge in [-0.05, 0) is 35.7 Å². The van der Waals surface area contributed by atoms with Gasteiger partial charge in [-0.1, -0.05) is 43.3 Å². The third kappa shape index (κ3) is 7.59. The highest BCUT2D eigenvalue weighted by Gasteiger charge is 2.31.